The number of rotatable bonds is 6. The number of ether oxygens (including phenoxy) is 1. The Morgan fingerprint density at radius 1 is 1.06 bits per heavy atom. The van der Waals surface area contributed by atoms with E-state index in [0.717, 1.165) is 0 Å². The van der Waals surface area contributed by atoms with Gasteiger partial charge in [-0.05, 0) is 43.2 Å². The molecule has 1 N–H and O–H groups in total. The average molecular weight is 454 g/mol. The summed E-state index contributed by atoms with van der Waals surface area (Å²) in [6, 6.07) is 17.5. The number of hydrogen-bond acceptors (Lipinski definition) is 3. The number of aliphatic carboxylic acids is 1. The normalized spacial score (nSPS) is 15.6. The van der Waals surface area contributed by atoms with Crippen LogP contribution in [0.5, 0.6) is 5.75 Å². The second-order valence-electron chi connectivity index (χ2n) is 7.57. The van der Waals surface area contributed by atoms with E-state index in [1.165, 1.54) is 11.0 Å². The molecule has 1 fully saturated rings. The van der Waals surface area contributed by atoms with Gasteiger partial charge in [-0.1, -0.05) is 48.0 Å². The molecule has 1 atom stereocenters. The average Bonchev–Trinajstić information content (AvgIpc) is 3.29. The standard InChI is InChI=1S/C25H21ClFNO4/c26-20-8-3-2-7-18(20)19-14-16(24(29)28-13-5-10-22(28)25(30)31)11-12-23(19)32-15-17-6-1-4-9-21(17)27/h1-4,6-9,11-12,14,22H,5,10,13,15H2,(H,30,31). The van der Waals surface area contributed by atoms with Crippen LogP contribution in [0.2, 0.25) is 5.02 Å². The molecule has 1 heterocycles. The molecule has 0 spiro atoms. The van der Waals surface area contributed by atoms with Crippen molar-refractivity contribution in [1.82, 2.24) is 4.90 Å². The Hall–Kier alpha value is -3.38. The predicted octanol–water partition coefficient (Wildman–Crippen LogP) is 5.41. The van der Waals surface area contributed by atoms with Crippen LogP contribution in [0.15, 0.2) is 66.7 Å². The second kappa shape index (κ2) is 9.40. The lowest BCUT2D eigenvalue weighted by Crippen LogP contribution is -2.40. The van der Waals surface area contributed by atoms with E-state index in [0.29, 0.717) is 52.4 Å². The maximum atomic E-state index is 14.0. The number of carboxylic acids is 1. The first kappa shape index (κ1) is 21.8. The molecule has 5 nitrogen and oxygen atoms in total. The Morgan fingerprint density at radius 2 is 1.81 bits per heavy atom. The molecule has 0 saturated carbocycles. The van der Waals surface area contributed by atoms with E-state index in [1.807, 2.05) is 6.07 Å². The molecule has 1 amide bonds. The van der Waals surface area contributed by atoms with Crippen LogP contribution in [0.1, 0.15) is 28.8 Å². The minimum absolute atomic E-state index is 0.00460. The van der Waals surface area contributed by atoms with Crippen molar-refractivity contribution in [1.29, 1.82) is 0 Å². The van der Waals surface area contributed by atoms with Crippen molar-refractivity contribution < 1.29 is 23.8 Å². The van der Waals surface area contributed by atoms with Gasteiger partial charge in [0.2, 0.25) is 0 Å². The minimum Gasteiger partial charge on any atom is -0.488 e. The van der Waals surface area contributed by atoms with Gasteiger partial charge in [-0.3, -0.25) is 4.79 Å². The molecule has 0 bridgehead atoms. The highest BCUT2D eigenvalue weighted by atomic mass is 35.5. The van der Waals surface area contributed by atoms with E-state index in [9.17, 15) is 19.1 Å². The van der Waals surface area contributed by atoms with Gasteiger partial charge >= 0.3 is 5.97 Å². The van der Waals surface area contributed by atoms with E-state index < -0.39 is 12.0 Å². The molecule has 4 rings (SSSR count). The Bertz CT molecular complexity index is 1170. The topological polar surface area (TPSA) is 66.8 Å². The summed E-state index contributed by atoms with van der Waals surface area (Å²) in [6.07, 6.45) is 1.08. The van der Waals surface area contributed by atoms with Crippen molar-refractivity contribution in [2.24, 2.45) is 0 Å². The lowest BCUT2D eigenvalue weighted by Gasteiger charge is -2.22. The Morgan fingerprint density at radius 3 is 2.56 bits per heavy atom. The van der Waals surface area contributed by atoms with Crippen LogP contribution >= 0.6 is 11.6 Å². The van der Waals surface area contributed by atoms with Crippen LogP contribution in [-0.4, -0.2) is 34.5 Å². The van der Waals surface area contributed by atoms with Gasteiger partial charge in [0.05, 0.1) is 0 Å². The van der Waals surface area contributed by atoms with Gasteiger partial charge < -0.3 is 14.7 Å². The largest absolute Gasteiger partial charge is 0.488 e. The van der Waals surface area contributed by atoms with Gasteiger partial charge in [-0.25, -0.2) is 9.18 Å². The van der Waals surface area contributed by atoms with E-state index in [2.05, 4.69) is 0 Å². The molecule has 1 unspecified atom stereocenters. The Labute approximate surface area is 190 Å². The molecule has 164 valence electrons. The van der Waals surface area contributed by atoms with E-state index >= 15 is 0 Å². The Kier molecular flexibility index (Phi) is 6.42. The zero-order chi connectivity index (χ0) is 22.7. The number of hydrogen-bond donors (Lipinski definition) is 1. The minimum atomic E-state index is -1.01. The first-order valence-electron chi connectivity index (χ1n) is 10.2. The van der Waals surface area contributed by atoms with Gasteiger partial charge in [0.15, 0.2) is 0 Å². The lowest BCUT2D eigenvalue weighted by molar-refractivity contribution is -0.141. The molecule has 1 saturated heterocycles. The van der Waals surface area contributed by atoms with E-state index in [1.54, 1.807) is 54.6 Å². The molecule has 0 aliphatic carbocycles. The summed E-state index contributed by atoms with van der Waals surface area (Å²) in [7, 11) is 0. The highest BCUT2D eigenvalue weighted by Crippen LogP contribution is 2.36. The molecular weight excluding hydrogens is 433 g/mol. The molecule has 0 radical (unpaired) electrons. The number of amides is 1. The van der Waals surface area contributed by atoms with Crippen molar-refractivity contribution >= 4 is 23.5 Å². The van der Waals surface area contributed by atoms with Gasteiger partial charge in [-0.2, -0.15) is 0 Å². The van der Waals surface area contributed by atoms with Crippen LogP contribution in [-0.2, 0) is 11.4 Å². The number of nitrogens with zero attached hydrogens (tertiary/aromatic N) is 1. The second-order valence-corrected chi connectivity index (χ2v) is 7.97. The number of benzene rings is 3. The Balaban J connectivity index is 1.70. The maximum absolute atomic E-state index is 14.0. The monoisotopic (exact) mass is 453 g/mol. The van der Waals surface area contributed by atoms with Crippen molar-refractivity contribution in [3.8, 4) is 16.9 Å². The molecule has 3 aromatic carbocycles. The van der Waals surface area contributed by atoms with Crippen LogP contribution in [0.25, 0.3) is 11.1 Å². The van der Waals surface area contributed by atoms with Crippen molar-refractivity contribution in [3.05, 3.63) is 88.7 Å². The van der Waals surface area contributed by atoms with Gasteiger partial charge in [0.25, 0.3) is 5.91 Å². The summed E-state index contributed by atoms with van der Waals surface area (Å²) >= 11 is 6.41. The van der Waals surface area contributed by atoms with Crippen molar-refractivity contribution in [3.63, 3.8) is 0 Å². The number of carboxylic acid groups (broad SMARTS) is 1. The third-order valence-electron chi connectivity index (χ3n) is 5.53. The molecular formula is C25H21ClFNO4. The van der Waals surface area contributed by atoms with E-state index in [-0.39, 0.29) is 18.3 Å². The fourth-order valence-corrected chi connectivity index (χ4v) is 4.12. The summed E-state index contributed by atoms with van der Waals surface area (Å²) in [5.41, 5.74) is 1.97. The number of likely N-dealkylation sites (tertiary alicyclic amines) is 1. The first-order chi connectivity index (χ1) is 15.5. The van der Waals surface area contributed by atoms with Gasteiger partial charge in [0.1, 0.15) is 24.2 Å². The summed E-state index contributed by atoms with van der Waals surface area (Å²) in [6.45, 7) is 0.396. The molecule has 32 heavy (non-hydrogen) atoms. The molecule has 1 aliphatic rings. The maximum Gasteiger partial charge on any atom is 0.326 e. The van der Waals surface area contributed by atoms with Crippen LogP contribution in [0.4, 0.5) is 4.39 Å². The number of carbonyl (C=O) groups is 2. The van der Waals surface area contributed by atoms with Crippen LogP contribution < -0.4 is 4.74 Å². The molecule has 1 aliphatic heterocycles. The summed E-state index contributed by atoms with van der Waals surface area (Å²) in [5.74, 6) is -1.29. The zero-order valence-corrected chi connectivity index (χ0v) is 17.9. The summed E-state index contributed by atoms with van der Waals surface area (Å²) < 4.78 is 19.9. The lowest BCUT2D eigenvalue weighted by atomic mass is 10.0. The summed E-state index contributed by atoms with van der Waals surface area (Å²) in [4.78, 5) is 26.0. The zero-order valence-electron chi connectivity index (χ0n) is 17.1. The highest BCUT2D eigenvalue weighted by Gasteiger charge is 2.34. The smallest absolute Gasteiger partial charge is 0.326 e. The van der Waals surface area contributed by atoms with Gasteiger partial charge in [-0.15, -0.1) is 0 Å². The fourth-order valence-electron chi connectivity index (χ4n) is 3.88. The molecule has 7 heteroatoms. The highest BCUT2D eigenvalue weighted by molar-refractivity contribution is 6.33. The van der Waals surface area contributed by atoms with Crippen LogP contribution in [0, 0.1) is 5.82 Å². The third kappa shape index (κ3) is 4.46. The van der Waals surface area contributed by atoms with Crippen molar-refractivity contribution in [2.45, 2.75) is 25.5 Å². The predicted molar refractivity (Wildman–Crippen MR) is 119 cm³/mol. The van der Waals surface area contributed by atoms with Crippen LogP contribution in [0.3, 0.4) is 0 Å². The van der Waals surface area contributed by atoms with Gasteiger partial charge in [0, 0.05) is 33.8 Å². The first-order valence-corrected chi connectivity index (χ1v) is 10.6. The number of halogens is 2. The molecule has 3 aromatic rings. The fraction of sp³-hybridized carbons (Fsp3) is 0.200. The quantitative estimate of drug-likeness (QED) is 0.541. The third-order valence-corrected chi connectivity index (χ3v) is 5.86. The molecule has 0 aromatic heterocycles. The summed E-state index contributed by atoms with van der Waals surface area (Å²) in [5, 5.41) is 9.90. The number of carbonyl (C=O) groups excluding carboxylic acids is 1. The SMILES string of the molecule is O=C(O)C1CCCN1C(=O)c1ccc(OCc2ccccc2F)c(-c2ccccc2Cl)c1. The van der Waals surface area contributed by atoms with E-state index in [4.69, 9.17) is 16.3 Å². The van der Waals surface area contributed by atoms with Crippen molar-refractivity contribution in [2.75, 3.05) is 6.54 Å².